The molecule has 2 fully saturated rings. The summed E-state index contributed by atoms with van der Waals surface area (Å²) in [7, 11) is 0. The first-order valence-electron chi connectivity index (χ1n) is 6.06. The number of nitrogens with zero attached hydrogens (tertiary/aromatic N) is 1. The van der Waals surface area contributed by atoms with E-state index in [0.29, 0.717) is 6.04 Å². The summed E-state index contributed by atoms with van der Waals surface area (Å²) >= 11 is 1.88. The van der Waals surface area contributed by atoms with Gasteiger partial charge in [0, 0.05) is 11.3 Å². The molecule has 2 nitrogen and oxygen atoms in total. The van der Waals surface area contributed by atoms with Gasteiger partial charge >= 0.3 is 0 Å². The zero-order valence-corrected chi connectivity index (χ0v) is 10.9. The van der Waals surface area contributed by atoms with Crippen molar-refractivity contribution in [2.45, 2.75) is 58.0 Å². The van der Waals surface area contributed by atoms with Crippen LogP contribution in [0.1, 0.15) is 46.5 Å². The zero-order chi connectivity index (χ0) is 10.9. The molecule has 1 saturated heterocycles. The van der Waals surface area contributed by atoms with Crippen LogP contribution in [0.2, 0.25) is 0 Å². The van der Waals surface area contributed by atoms with Gasteiger partial charge in [0.2, 0.25) is 0 Å². The molecular weight excluding hydrogens is 204 g/mol. The van der Waals surface area contributed by atoms with Crippen molar-refractivity contribution in [1.82, 2.24) is 5.32 Å². The maximum absolute atomic E-state index is 4.88. The summed E-state index contributed by atoms with van der Waals surface area (Å²) in [6, 6.07) is 0.572. The van der Waals surface area contributed by atoms with E-state index in [-0.39, 0.29) is 5.54 Å². The zero-order valence-electron chi connectivity index (χ0n) is 10.0. The number of hydrogen-bond acceptors (Lipinski definition) is 2. The van der Waals surface area contributed by atoms with Crippen molar-refractivity contribution in [2.75, 3.05) is 5.75 Å². The summed E-state index contributed by atoms with van der Waals surface area (Å²) in [5.41, 5.74) is 0.238. The van der Waals surface area contributed by atoms with E-state index in [0.717, 1.165) is 11.7 Å². The second-order valence-electron chi connectivity index (χ2n) is 5.56. The lowest BCUT2D eigenvalue weighted by atomic mass is 9.86. The highest BCUT2D eigenvalue weighted by atomic mass is 32.2. The first kappa shape index (κ1) is 11.3. The molecule has 1 saturated carbocycles. The molecule has 1 N–H and O–H groups in total. The Kier molecular flexibility index (Phi) is 3.29. The lowest BCUT2D eigenvalue weighted by molar-refractivity contribution is 0.332. The first-order valence-corrected chi connectivity index (χ1v) is 7.04. The quantitative estimate of drug-likeness (QED) is 0.743. The van der Waals surface area contributed by atoms with Crippen molar-refractivity contribution < 1.29 is 0 Å². The predicted molar refractivity (Wildman–Crippen MR) is 68.5 cm³/mol. The van der Waals surface area contributed by atoms with Gasteiger partial charge in [0.25, 0.3) is 0 Å². The van der Waals surface area contributed by atoms with Crippen LogP contribution in [-0.4, -0.2) is 22.5 Å². The second kappa shape index (κ2) is 4.36. The fourth-order valence-corrected chi connectivity index (χ4v) is 3.45. The van der Waals surface area contributed by atoms with Gasteiger partial charge in [-0.1, -0.05) is 31.5 Å². The Labute approximate surface area is 97.3 Å². The molecule has 0 aromatic carbocycles. The monoisotopic (exact) mass is 226 g/mol. The molecule has 0 aromatic heterocycles. The average Bonchev–Trinajstić information content (AvgIpc) is 2.50. The molecule has 2 atom stereocenters. The molecule has 1 heterocycles. The Hall–Kier alpha value is -0.180. The topological polar surface area (TPSA) is 24.4 Å². The molecule has 0 bridgehead atoms. The van der Waals surface area contributed by atoms with E-state index in [1.807, 2.05) is 11.8 Å². The highest BCUT2D eigenvalue weighted by Gasteiger charge is 2.29. The summed E-state index contributed by atoms with van der Waals surface area (Å²) in [4.78, 5) is 4.88. The number of hydrogen-bond donors (Lipinski definition) is 1. The molecular formula is C12H22N2S. The third kappa shape index (κ3) is 2.90. The number of rotatable bonds is 1. The molecule has 86 valence electrons. The highest BCUT2D eigenvalue weighted by molar-refractivity contribution is 8.14. The molecule has 15 heavy (non-hydrogen) atoms. The van der Waals surface area contributed by atoms with Gasteiger partial charge in [-0.3, -0.25) is 4.99 Å². The Morgan fingerprint density at radius 1 is 1.33 bits per heavy atom. The second-order valence-corrected chi connectivity index (χ2v) is 6.52. The number of aliphatic imine (C=N–C) groups is 1. The summed E-state index contributed by atoms with van der Waals surface area (Å²) in [6.07, 6.45) is 5.40. The van der Waals surface area contributed by atoms with Gasteiger partial charge < -0.3 is 5.32 Å². The van der Waals surface area contributed by atoms with E-state index in [1.54, 1.807) is 0 Å². The maximum atomic E-state index is 4.88. The number of nitrogens with one attached hydrogen (secondary N) is 1. The summed E-state index contributed by atoms with van der Waals surface area (Å²) in [5.74, 6) is 1.92. The molecule has 0 spiro atoms. The van der Waals surface area contributed by atoms with Gasteiger partial charge in [0.15, 0.2) is 5.17 Å². The Bertz CT molecular complexity index is 260. The summed E-state index contributed by atoms with van der Waals surface area (Å²) in [6.45, 7) is 6.83. The van der Waals surface area contributed by atoms with E-state index in [9.17, 15) is 0 Å². The third-order valence-electron chi connectivity index (χ3n) is 3.36. The largest absolute Gasteiger partial charge is 0.359 e. The van der Waals surface area contributed by atoms with E-state index in [1.165, 1.54) is 30.9 Å². The van der Waals surface area contributed by atoms with Crippen molar-refractivity contribution in [3.05, 3.63) is 0 Å². The molecule has 0 aromatic rings. The fraction of sp³-hybridized carbons (Fsp3) is 0.917. The molecule has 1 aliphatic heterocycles. The van der Waals surface area contributed by atoms with Gasteiger partial charge in [-0.15, -0.1) is 0 Å². The van der Waals surface area contributed by atoms with Crippen molar-refractivity contribution in [2.24, 2.45) is 10.9 Å². The Morgan fingerprint density at radius 3 is 2.67 bits per heavy atom. The average molecular weight is 226 g/mol. The minimum absolute atomic E-state index is 0.238. The number of amidine groups is 1. The van der Waals surface area contributed by atoms with Crippen molar-refractivity contribution >= 4 is 16.9 Å². The highest BCUT2D eigenvalue weighted by Crippen LogP contribution is 2.29. The van der Waals surface area contributed by atoms with E-state index in [2.05, 4.69) is 26.1 Å². The van der Waals surface area contributed by atoms with Crippen molar-refractivity contribution in [3.8, 4) is 0 Å². The Morgan fingerprint density at radius 2 is 2.07 bits per heavy atom. The van der Waals surface area contributed by atoms with Crippen molar-refractivity contribution in [1.29, 1.82) is 0 Å². The standard InChI is InChI=1S/C12H22N2S/c1-9-6-4-5-7-10(9)13-11-14-12(2,3)8-15-11/h9-10H,4-8H2,1-3H3,(H,13,14)/t9-,10-/m0/s1. The number of thioether (sulfide) groups is 1. The van der Waals surface area contributed by atoms with Crippen LogP contribution in [0.25, 0.3) is 0 Å². The summed E-state index contributed by atoms with van der Waals surface area (Å²) in [5, 5.41) is 4.69. The maximum Gasteiger partial charge on any atom is 0.157 e. The normalized spacial score (nSPS) is 37.9. The molecule has 2 aliphatic rings. The van der Waals surface area contributed by atoms with Gasteiger partial charge in [-0.25, -0.2) is 0 Å². The van der Waals surface area contributed by atoms with E-state index < -0.39 is 0 Å². The SMILES string of the molecule is C[C@H]1CCCC[C@@H]1N=C1NC(C)(C)CS1. The Balaban J connectivity index is 1.97. The molecule has 3 heteroatoms. The predicted octanol–water partition coefficient (Wildman–Crippen LogP) is 3.04. The summed E-state index contributed by atoms with van der Waals surface area (Å²) < 4.78 is 0. The van der Waals surface area contributed by atoms with Crippen molar-refractivity contribution in [3.63, 3.8) is 0 Å². The van der Waals surface area contributed by atoms with Crippen LogP contribution < -0.4 is 5.32 Å². The molecule has 1 aliphatic carbocycles. The van der Waals surface area contributed by atoms with Crippen LogP contribution in [0.4, 0.5) is 0 Å². The van der Waals surface area contributed by atoms with Gasteiger partial charge in [0.1, 0.15) is 0 Å². The van der Waals surface area contributed by atoms with Crippen LogP contribution >= 0.6 is 11.8 Å². The third-order valence-corrected chi connectivity index (χ3v) is 4.71. The fourth-order valence-electron chi connectivity index (χ4n) is 2.32. The van der Waals surface area contributed by atoms with Gasteiger partial charge in [-0.2, -0.15) is 0 Å². The lowest BCUT2D eigenvalue weighted by Gasteiger charge is -2.26. The molecule has 2 rings (SSSR count). The van der Waals surface area contributed by atoms with Crippen LogP contribution in [0.5, 0.6) is 0 Å². The molecule has 0 radical (unpaired) electrons. The van der Waals surface area contributed by atoms with Gasteiger partial charge in [0.05, 0.1) is 6.04 Å². The minimum Gasteiger partial charge on any atom is -0.359 e. The first-order chi connectivity index (χ1) is 7.07. The van der Waals surface area contributed by atoms with E-state index >= 15 is 0 Å². The lowest BCUT2D eigenvalue weighted by Crippen LogP contribution is -2.37. The van der Waals surface area contributed by atoms with Gasteiger partial charge in [-0.05, 0) is 32.6 Å². The van der Waals surface area contributed by atoms with E-state index in [4.69, 9.17) is 4.99 Å². The van der Waals surface area contributed by atoms with Crippen LogP contribution in [-0.2, 0) is 0 Å². The van der Waals surface area contributed by atoms with Crippen LogP contribution in [0, 0.1) is 5.92 Å². The molecule has 0 amide bonds. The smallest absolute Gasteiger partial charge is 0.157 e. The van der Waals surface area contributed by atoms with Crippen LogP contribution in [0.3, 0.4) is 0 Å². The molecule has 0 unspecified atom stereocenters. The minimum atomic E-state index is 0.238. The van der Waals surface area contributed by atoms with Crippen LogP contribution in [0.15, 0.2) is 4.99 Å².